The van der Waals surface area contributed by atoms with Crippen molar-refractivity contribution < 1.29 is 4.79 Å². The number of amides is 1. The van der Waals surface area contributed by atoms with Crippen LogP contribution in [0.1, 0.15) is 51.2 Å². The number of piperidine rings is 1. The number of hydrogen-bond donors (Lipinski definition) is 0. The van der Waals surface area contributed by atoms with Crippen LogP contribution in [0.2, 0.25) is 0 Å². The number of nitrogens with zero attached hydrogens (tertiary/aromatic N) is 4. The van der Waals surface area contributed by atoms with Crippen molar-refractivity contribution in [2.75, 3.05) is 18.0 Å². The first kappa shape index (κ1) is 22.0. The lowest BCUT2D eigenvalue weighted by molar-refractivity contribution is -0.123. The average molecular weight is 457 g/mol. The molecule has 8 heteroatoms. The summed E-state index contributed by atoms with van der Waals surface area (Å²) in [5.41, 5.74) is 1.91. The molecule has 0 bridgehead atoms. The molecule has 2 aromatic heterocycles. The van der Waals surface area contributed by atoms with Gasteiger partial charge in [-0.15, -0.1) is 0 Å². The number of pyridine rings is 1. The fraction of sp³-hybridized carbons (Fsp3) is 0.478. The lowest BCUT2D eigenvalue weighted by atomic mass is 9.99. The number of aryl methyl sites for hydroxylation is 1. The molecular formula is C23H28N4O2S2. The van der Waals surface area contributed by atoms with Gasteiger partial charge >= 0.3 is 0 Å². The van der Waals surface area contributed by atoms with Gasteiger partial charge in [0.05, 0.1) is 10.5 Å². The first-order chi connectivity index (χ1) is 14.8. The third-order valence-electron chi connectivity index (χ3n) is 6.28. The van der Waals surface area contributed by atoms with E-state index in [2.05, 4.69) is 11.8 Å². The van der Waals surface area contributed by atoms with Crippen molar-refractivity contribution in [1.82, 2.24) is 14.3 Å². The standard InChI is InChI=1S/C23H28N4O2S2/c1-5-16(4)27-22(29)18(31-23(27)30)13-17-20(25-11-8-14(2)9-12-25)24-19-15(3)7-6-10-26(19)21(17)28/h6-7,10,13-14,16H,5,8-9,11-12H2,1-4H3/b18-13-/t16-/m0/s1. The second kappa shape index (κ2) is 8.74. The van der Waals surface area contributed by atoms with E-state index in [-0.39, 0.29) is 17.5 Å². The molecule has 1 atom stereocenters. The van der Waals surface area contributed by atoms with Crippen molar-refractivity contribution in [3.05, 3.63) is 44.7 Å². The zero-order valence-electron chi connectivity index (χ0n) is 18.4. The Morgan fingerprint density at radius 1 is 1.32 bits per heavy atom. The summed E-state index contributed by atoms with van der Waals surface area (Å²) >= 11 is 6.74. The molecule has 164 valence electrons. The first-order valence-electron chi connectivity index (χ1n) is 10.9. The first-order valence-corrected chi connectivity index (χ1v) is 12.1. The average Bonchev–Trinajstić information content (AvgIpc) is 3.03. The van der Waals surface area contributed by atoms with Gasteiger partial charge in [-0.05, 0) is 56.7 Å². The number of hydrogen-bond acceptors (Lipinski definition) is 6. The minimum Gasteiger partial charge on any atom is -0.356 e. The molecule has 2 aliphatic rings. The van der Waals surface area contributed by atoms with E-state index in [9.17, 15) is 9.59 Å². The normalized spacial score (nSPS) is 20.3. The predicted molar refractivity (Wildman–Crippen MR) is 132 cm³/mol. The SMILES string of the molecule is CC[C@H](C)N1C(=O)/C(=C/c2c(N3CCC(C)CC3)nc3c(C)cccn3c2=O)SC1=S. The number of anilines is 1. The van der Waals surface area contributed by atoms with Crippen LogP contribution >= 0.6 is 24.0 Å². The highest BCUT2D eigenvalue weighted by atomic mass is 32.2. The molecule has 2 saturated heterocycles. The topological polar surface area (TPSA) is 57.9 Å². The Morgan fingerprint density at radius 3 is 2.71 bits per heavy atom. The number of carbonyl (C=O) groups is 1. The van der Waals surface area contributed by atoms with Gasteiger partial charge in [-0.3, -0.25) is 18.9 Å². The molecule has 4 rings (SSSR count). The highest BCUT2D eigenvalue weighted by Crippen LogP contribution is 2.35. The Labute approximate surface area is 192 Å². The third kappa shape index (κ3) is 4.03. The van der Waals surface area contributed by atoms with Gasteiger partial charge in [0.1, 0.15) is 15.8 Å². The van der Waals surface area contributed by atoms with Crippen LogP contribution in [0.25, 0.3) is 11.7 Å². The Bertz CT molecular complexity index is 1130. The minimum absolute atomic E-state index is 0.0277. The third-order valence-corrected chi connectivity index (χ3v) is 7.61. The van der Waals surface area contributed by atoms with Gasteiger partial charge in [0.2, 0.25) is 0 Å². The van der Waals surface area contributed by atoms with Gasteiger partial charge in [0, 0.05) is 25.3 Å². The summed E-state index contributed by atoms with van der Waals surface area (Å²) in [5, 5.41) is 0. The van der Waals surface area contributed by atoms with Crippen molar-refractivity contribution in [1.29, 1.82) is 0 Å². The number of aromatic nitrogens is 2. The monoisotopic (exact) mass is 456 g/mol. The van der Waals surface area contributed by atoms with Crippen LogP contribution in [-0.2, 0) is 4.79 Å². The second-order valence-electron chi connectivity index (χ2n) is 8.52. The maximum absolute atomic E-state index is 13.5. The van der Waals surface area contributed by atoms with Crippen molar-refractivity contribution >= 4 is 51.7 Å². The van der Waals surface area contributed by atoms with Crippen molar-refractivity contribution in [3.8, 4) is 0 Å². The Kier molecular flexibility index (Phi) is 6.21. The summed E-state index contributed by atoms with van der Waals surface area (Å²) in [7, 11) is 0. The van der Waals surface area contributed by atoms with Crippen LogP contribution in [0.4, 0.5) is 5.82 Å². The lowest BCUT2D eigenvalue weighted by Gasteiger charge is -2.32. The van der Waals surface area contributed by atoms with E-state index in [0.717, 1.165) is 37.9 Å². The highest BCUT2D eigenvalue weighted by Gasteiger charge is 2.35. The van der Waals surface area contributed by atoms with Crippen molar-refractivity contribution in [2.24, 2.45) is 5.92 Å². The van der Waals surface area contributed by atoms with Crippen LogP contribution in [0.3, 0.4) is 0 Å². The van der Waals surface area contributed by atoms with E-state index in [1.165, 1.54) is 11.8 Å². The van der Waals surface area contributed by atoms with Crippen LogP contribution in [-0.4, -0.2) is 43.6 Å². The van der Waals surface area contributed by atoms with Crippen molar-refractivity contribution in [2.45, 2.75) is 53.0 Å². The Morgan fingerprint density at radius 2 is 2.03 bits per heavy atom. The summed E-state index contributed by atoms with van der Waals surface area (Å²) in [5.74, 6) is 1.20. The number of carbonyl (C=O) groups excluding carboxylic acids is 1. The highest BCUT2D eigenvalue weighted by molar-refractivity contribution is 8.26. The molecule has 2 aliphatic heterocycles. The fourth-order valence-corrected chi connectivity index (χ4v) is 5.51. The molecule has 0 aromatic carbocycles. The Hall–Kier alpha value is -2.19. The molecular weight excluding hydrogens is 428 g/mol. The maximum atomic E-state index is 13.5. The molecule has 2 aromatic rings. The van der Waals surface area contributed by atoms with Gasteiger partial charge < -0.3 is 4.90 Å². The summed E-state index contributed by atoms with van der Waals surface area (Å²) < 4.78 is 2.12. The summed E-state index contributed by atoms with van der Waals surface area (Å²) in [4.78, 5) is 35.9. The molecule has 2 fully saturated rings. The molecule has 31 heavy (non-hydrogen) atoms. The lowest BCUT2D eigenvalue weighted by Crippen LogP contribution is -2.36. The summed E-state index contributed by atoms with van der Waals surface area (Å²) in [6.45, 7) is 9.94. The molecule has 0 N–H and O–H groups in total. The fourth-order valence-electron chi connectivity index (χ4n) is 4.06. The summed E-state index contributed by atoms with van der Waals surface area (Å²) in [6.07, 6.45) is 6.38. The van der Waals surface area contributed by atoms with Crippen LogP contribution in [0.15, 0.2) is 28.0 Å². The van der Waals surface area contributed by atoms with Crippen LogP contribution in [0.5, 0.6) is 0 Å². The van der Waals surface area contributed by atoms with E-state index in [0.29, 0.717) is 32.2 Å². The molecule has 0 saturated carbocycles. The van der Waals surface area contributed by atoms with Gasteiger partial charge in [-0.1, -0.05) is 43.9 Å². The quantitative estimate of drug-likeness (QED) is 0.507. The zero-order chi connectivity index (χ0) is 22.3. The summed E-state index contributed by atoms with van der Waals surface area (Å²) in [6, 6.07) is 3.83. The molecule has 0 spiro atoms. The van der Waals surface area contributed by atoms with Crippen molar-refractivity contribution in [3.63, 3.8) is 0 Å². The van der Waals surface area contributed by atoms with E-state index in [1.807, 2.05) is 32.9 Å². The van der Waals surface area contributed by atoms with Gasteiger partial charge in [-0.25, -0.2) is 4.98 Å². The van der Waals surface area contributed by atoms with E-state index in [4.69, 9.17) is 17.2 Å². The predicted octanol–water partition coefficient (Wildman–Crippen LogP) is 4.24. The number of fused-ring (bicyclic) bond motifs is 1. The van der Waals surface area contributed by atoms with Crippen LogP contribution < -0.4 is 10.5 Å². The number of thioether (sulfide) groups is 1. The molecule has 6 nitrogen and oxygen atoms in total. The van der Waals surface area contributed by atoms with E-state index < -0.39 is 0 Å². The van der Waals surface area contributed by atoms with Gasteiger partial charge in [0.25, 0.3) is 11.5 Å². The minimum atomic E-state index is -0.156. The second-order valence-corrected chi connectivity index (χ2v) is 10.2. The maximum Gasteiger partial charge on any atom is 0.267 e. The zero-order valence-corrected chi connectivity index (χ0v) is 20.1. The number of rotatable bonds is 4. The smallest absolute Gasteiger partial charge is 0.267 e. The van der Waals surface area contributed by atoms with Gasteiger partial charge in [0.15, 0.2) is 0 Å². The molecule has 0 unspecified atom stereocenters. The molecule has 4 heterocycles. The molecule has 0 aliphatic carbocycles. The number of thiocarbonyl (C=S) groups is 1. The Balaban J connectivity index is 1.87. The van der Waals surface area contributed by atoms with Crippen LogP contribution in [0, 0.1) is 12.8 Å². The molecule has 0 radical (unpaired) electrons. The van der Waals surface area contributed by atoms with Gasteiger partial charge in [-0.2, -0.15) is 0 Å². The largest absolute Gasteiger partial charge is 0.356 e. The van der Waals surface area contributed by atoms with E-state index >= 15 is 0 Å². The van der Waals surface area contributed by atoms with E-state index in [1.54, 1.807) is 21.6 Å². The molecule has 1 amide bonds.